The van der Waals surface area contributed by atoms with Crippen molar-refractivity contribution in [2.24, 2.45) is 4.99 Å². The van der Waals surface area contributed by atoms with Crippen LogP contribution in [0.5, 0.6) is 0 Å². The molecule has 1 aromatic carbocycles. The summed E-state index contributed by atoms with van der Waals surface area (Å²) in [7, 11) is 0. The van der Waals surface area contributed by atoms with Gasteiger partial charge in [0, 0.05) is 12.1 Å². The summed E-state index contributed by atoms with van der Waals surface area (Å²) in [6.07, 6.45) is 1.59. The first-order valence-corrected chi connectivity index (χ1v) is 5.43. The van der Waals surface area contributed by atoms with Crippen LogP contribution in [0.2, 0.25) is 0 Å². The van der Waals surface area contributed by atoms with E-state index < -0.39 is 6.03 Å². The molecule has 0 saturated carbocycles. The highest BCUT2D eigenvalue weighted by Crippen LogP contribution is 2.03. The number of nitrogens with one attached hydrogen (secondary N) is 1. The lowest BCUT2D eigenvalue weighted by atomic mass is 10.2. The molecule has 4 nitrogen and oxygen atoms in total. The maximum absolute atomic E-state index is 11.4. The first kappa shape index (κ1) is 13.0. The molecule has 0 saturated heterocycles. The van der Waals surface area contributed by atoms with Crippen LogP contribution in [0.25, 0.3) is 0 Å². The number of carbonyl (C=O) groups excluding carboxylic acids is 1. The number of rotatable bonds is 4. The molecule has 0 aliphatic heterocycles. The van der Waals surface area contributed by atoms with E-state index in [1.165, 1.54) is 0 Å². The number of carbonyl (C=O) groups is 1. The number of ether oxygens (including phenoxy) is 1. The Morgan fingerprint density at radius 1 is 1.47 bits per heavy atom. The lowest BCUT2D eigenvalue weighted by molar-refractivity contribution is 0.248. The van der Waals surface area contributed by atoms with Crippen molar-refractivity contribution in [3.63, 3.8) is 0 Å². The molecule has 0 heterocycles. The first-order valence-electron chi connectivity index (χ1n) is 5.43. The van der Waals surface area contributed by atoms with Gasteiger partial charge in [0.2, 0.25) is 5.90 Å². The van der Waals surface area contributed by atoms with Gasteiger partial charge in [-0.3, -0.25) is 0 Å². The minimum absolute atomic E-state index is 0.328. The standard InChI is InChI=1S/C13H16N2O2/c1-3-10-14-13(16)15-12(17-4-2)11-8-6-5-7-9-11/h3,5-9H,1,4,10H2,2H3,(H,14,16). The highest BCUT2D eigenvalue weighted by molar-refractivity contribution is 6.01. The summed E-state index contributed by atoms with van der Waals surface area (Å²) in [6.45, 7) is 6.21. The quantitative estimate of drug-likeness (QED) is 0.492. The van der Waals surface area contributed by atoms with Crippen LogP contribution >= 0.6 is 0 Å². The molecule has 1 N–H and O–H groups in total. The van der Waals surface area contributed by atoms with Crippen LogP contribution in [0.4, 0.5) is 4.79 Å². The van der Waals surface area contributed by atoms with Crippen molar-refractivity contribution in [2.45, 2.75) is 6.92 Å². The number of nitrogens with zero attached hydrogens (tertiary/aromatic N) is 1. The average Bonchev–Trinajstić information content (AvgIpc) is 2.37. The van der Waals surface area contributed by atoms with Crippen molar-refractivity contribution in [1.82, 2.24) is 5.32 Å². The number of urea groups is 1. The summed E-state index contributed by atoms with van der Waals surface area (Å²) in [5.74, 6) is 0.328. The molecule has 0 aliphatic rings. The normalized spacial score (nSPS) is 10.8. The first-order chi connectivity index (χ1) is 8.27. The van der Waals surface area contributed by atoms with Gasteiger partial charge in [0.25, 0.3) is 0 Å². The molecule has 0 unspecified atom stereocenters. The summed E-state index contributed by atoms with van der Waals surface area (Å²) in [5.41, 5.74) is 0.781. The van der Waals surface area contributed by atoms with E-state index in [1.807, 2.05) is 37.3 Å². The Labute approximate surface area is 101 Å². The second kappa shape index (κ2) is 7.22. The highest BCUT2D eigenvalue weighted by atomic mass is 16.5. The molecule has 1 aromatic rings. The van der Waals surface area contributed by atoms with E-state index in [0.29, 0.717) is 19.0 Å². The number of hydrogen-bond acceptors (Lipinski definition) is 2. The van der Waals surface area contributed by atoms with Gasteiger partial charge in [0.1, 0.15) is 0 Å². The van der Waals surface area contributed by atoms with Gasteiger partial charge in [-0.2, -0.15) is 4.99 Å². The van der Waals surface area contributed by atoms with Gasteiger partial charge in [-0.15, -0.1) is 6.58 Å². The predicted molar refractivity (Wildman–Crippen MR) is 68.2 cm³/mol. The second-order valence-electron chi connectivity index (χ2n) is 3.19. The Balaban J connectivity index is 2.81. The number of benzene rings is 1. The van der Waals surface area contributed by atoms with Gasteiger partial charge >= 0.3 is 6.03 Å². The Kier molecular flexibility index (Phi) is 5.51. The maximum Gasteiger partial charge on any atom is 0.344 e. The van der Waals surface area contributed by atoms with Crippen molar-refractivity contribution >= 4 is 11.9 Å². The molecule has 0 radical (unpaired) electrons. The molecule has 0 aromatic heterocycles. The van der Waals surface area contributed by atoms with E-state index >= 15 is 0 Å². The predicted octanol–water partition coefficient (Wildman–Crippen LogP) is 2.37. The van der Waals surface area contributed by atoms with Crippen LogP contribution in [0, 0.1) is 0 Å². The third-order valence-corrected chi connectivity index (χ3v) is 1.90. The maximum atomic E-state index is 11.4. The molecular formula is C13H16N2O2. The third kappa shape index (κ3) is 4.51. The van der Waals surface area contributed by atoms with Gasteiger partial charge in [0.05, 0.1) is 6.61 Å². The summed E-state index contributed by atoms with van der Waals surface area (Å²) >= 11 is 0. The topological polar surface area (TPSA) is 50.7 Å². The Morgan fingerprint density at radius 2 is 2.18 bits per heavy atom. The lowest BCUT2D eigenvalue weighted by Gasteiger charge is -2.06. The zero-order valence-electron chi connectivity index (χ0n) is 9.85. The molecule has 17 heavy (non-hydrogen) atoms. The average molecular weight is 232 g/mol. The van der Waals surface area contributed by atoms with E-state index in [-0.39, 0.29) is 0 Å². The molecule has 1 rings (SSSR count). The van der Waals surface area contributed by atoms with Crippen LogP contribution in [-0.4, -0.2) is 25.1 Å². The fraction of sp³-hybridized carbons (Fsp3) is 0.231. The zero-order valence-corrected chi connectivity index (χ0v) is 9.85. The van der Waals surface area contributed by atoms with Crippen molar-refractivity contribution < 1.29 is 9.53 Å². The van der Waals surface area contributed by atoms with Crippen molar-refractivity contribution in [1.29, 1.82) is 0 Å². The van der Waals surface area contributed by atoms with E-state index in [4.69, 9.17) is 4.74 Å². The fourth-order valence-corrected chi connectivity index (χ4v) is 1.19. The third-order valence-electron chi connectivity index (χ3n) is 1.90. The van der Waals surface area contributed by atoms with Crippen LogP contribution < -0.4 is 5.32 Å². The van der Waals surface area contributed by atoms with Crippen molar-refractivity contribution in [3.05, 3.63) is 48.6 Å². The van der Waals surface area contributed by atoms with Crippen molar-refractivity contribution in [2.75, 3.05) is 13.2 Å². The van der Waals surface area contributed by atoms with Crippen LogP contribution in [0.1, 0.15) is 12.5 Å². The smallest absolute Gasteiger partial charge is 0.344 e. The highest BCUT2D eigenvalue weighted by Gasteiger charge is 2.06. The van der Waals surface area contributed by atoms with Crippen LogP contribution in [0.15, 0.2) is 48.0 Å². The second-order valence-corrected chi connectivity index (χ2v) is 3.19. The molecule has 2 amide bonds. The molecule has 90 valence electrons. The van der Waals surface area contributed by atoms with Crippen molar-refractivity contribution in [3.8, 4) is 0 Å². The molecular weight excluding hydrogens is 216 g/mol. The van der Waals surface area contributed by atoms with Crippen LogP contribution in [-0.2, 0) is 4.74 Å². The number of aliphatic imine (C=N–C) groups is 1. The van der Waals surface area contributed by atoms with E-state index in [9.17, 15) is 4.79 Å². The molecule has 0 spiro atoms. The SMILES string of the molecule is C=CCNC(=O)N=C(OCC)c1ccccc1. The minimum atomic E-state index is -0.433. The van der Waals surface area contributed by atoms with Gasteiger partial charge in [0.15, 0.2) is 0 Å². The van der Waals surface area contributed by atoms with E-state index in [2.05, 4.69) is 16.9 Å². The molecule has 0 aliphatic carbocycles. The number of hydrogen-bond donors (Lipinski definition) is 1. The Morgan fingerprint density at radius 3 is 2.76 bits per heavy atom. The monoisotopic (exact) mass is 232 g/mol. The molecule has 0 bridgehead atoms. The molecule has 0 atom stereocenters. The zero-order chi connectivity index (χ0) is 12.5. The van der Waals surface area contributed by atoms with Crippen LogP contribution in [0.3, 0.4) is 0 Å². The molecule has 0 fully saturated rings. The molecule has 4 heteroatoms. The fourth-order valence-electron chi connectivity index (χ4n) is 1.19. The Bertz CT molecular complexity index is 399. The van der Waals surface area contributed by atoms with Gasteiger partial charge in [-0.05, 0) is 19.1 Å². The minimum Gasteiger partial charge on any atom is -0.477 e. The summed E-state index contributed by atoms with van der Waals surface area (Å²) in [6, 6.07) is 8.88. The van der Waals surface area contributed by atoms with Gasteiger partial charge in [-0.1, -0.05) is 24.3 Å². The number of amides is 2. The summed E-state index contributed by atoms with van der Waals surface area (Å²) in [4.78, 5) is 15.3. The largest absolute Gasteiger partial charge is 0.477 e. The summed E-state index contributed by atoms with van der Waals surface area (Å²) in [5, 5.41) is 2.57. The van der Waals surface area contributed by atoms with E-state index in [0.717, 1.165) is 5.56 Å². The van der Waals surface area contributed by atoms with Gasteiger partial charge in [-0.25, -0.2) is 4.79 Å². The van der Waals surface area contributed by atoms with E-state index in [1.54, 1.807) is 6.08 Å². The van der Waals surface area contributed by atoms with Gasteiger partial charge < -0.3 is 10.1 Å². The summed E-state index contributed by atoms with van der Waals surface area (Å²) < 4.78 is 5.34. The lowest BCUT2D eigenvalue weighted by Crippen LogP contribution is -2.22. The Hall–Kier alpha value is -2.10.